The van der Waals surface area contributed by atoms with E-state index in [2.05, 4.69) is 0 Å². The van der Waals surface area contributed by atoms with Gasteiger partial charge in [0.15, 0.2) is 11.6 Å². The van der Waals surface area contributed by atoms with Gasteiger partial charge in [-0.3, -0.25) is 9.59 Å². The Morgan fingerprint density at radius 2 is 1.00 bits per heavy atom. The Balaban J connectivity index is 1.84. The zero-order valence-corrected chi connectivity index (χ0v) is 12.8. The average molecular weight is 300 g/mol. The number of Topliss-reactive ketones (excluding diaryl/α,β-unsaturated/α-hetero) is 1. The van der Waals surface area contributed by atoms with Crippen LogP contribution in [0.3, 0.4) is 0 Å². The number of benzene rings is 3. The third-order valence-corrected chi connectivity index (χ3v) is 3.81. The SMILES string of the molecule is CC(=O)c1ccc(-c2ccc(C(=O)c3ccccc3)cc2)cc1. The molecule has 2 nitrogen and oxygen atoms in total. The highest BCUT2D eigenvalue weighted by Crippen LogP contribution is 2.21. The third-order valence-electron chi connectivity index (χ3n) is 3.81. The lowest BCUT2D eigenvalue weighted by atomic mass is 9.98. The highest BCUT2D eigenvalue weighted by atomic mass is 16.1. The Morgan fingerprint density at radius 1 is 0.565 bits per heavy atom. The number of hydrogen-bond acceptors (Lipinski definition) is 2. The van der Waals surface area contributed by atoms with Crippen molar-refractivity contribution >= 4 is 11.6 Å². The molecule has 0 aliphatic rings. The molecule has 0 spiro atoms. The van der Waals surface area contributed by atoms with E-state index in [1.165, 1.54) is 0 Å². The highest BCUT2D eigenvalue weighted by Gasteiger charge is 2.08. The number of rotatable bonds is 4. The van der Waals surface area contributed by atoms with Crippen LogP contribution < -0.4 is 0 Å². The second-order valence-electron chi connectivity index (χ2n) is 5.41. The van der Waals surface area contributed by atoms with Gasteiger partial charge in [-0.25, -0.2) is 0 Å². The van der Waals surface area contributed by atoms with Gasteiger partial charge in [-0.1, -0.05) is 78.9 Å². The molecule has 0 saturated carbocycles. The summed E-state index contributed by atoms with van der Waals surface area (Å²) in [5.41, 5.74) is 4.09. The van der Waals surface area contributed by atoms with Gasteiger partial charge in [0.2, 0.25) is 0 Å². The van der Waals surface area contributed by atoms with Crippen molar-refractivity contribution in [2.45, 2.75) is 6.92 Å². The molecule has 0 amide bonds. The number of ketones is 2. The van der Waals surface area contributed by atoms with Crippen LogP contribution in [-0.2, 0) is 0 Å². The van der Waals surface area contributed by atoms with Gasteiger partial charge in [-0.05, 0) is 18.1 Å². The highest BCUT2D eigenvalue weighted by molar-refractivity contribution is 6.09. The Bertz CT molecular complexity index is 829. The molecular formula is C21H16O2. The van der Waals surface area contributed by atoms with E-state index in [1.807, 2.05) is 78.9 Å². The molecule has 0 aromatic heterocycles. The smallest absolute Gasteiger partial charge is 0.193 e. The first-order valence-electron chi connectivity index (χ1n) is 7.46. The average Bonchev–Trinajstić information content (AvgIpc) is 2.62. The van der Waals surface area contributed by atoms with E-state index in [-0.39, 0.29) is 11.6 Å². The van der Waals surface area contributed by atoms with Gasteiger partial charge in [0.05, 0.1) is 0 Å². The minimum Gasteiger partial charge on any atom is -0.295 e. The molecule has 0 atom stereocenters. The Labute approximate surface area is 135 Å². The van der Waals surface area contributed by atoms with Crippen molar-refractivity contribution in [3.05, 3.63) is 95.6 Å². The predicted octanol–water partition coefficient (Wildman–Crippen LogP) is 4.79. The Kier molecular flexibility index (Phi) is 4.15. The van der Waals surface area contributed by atoms with Crippen LogP contribution in [0.2, 0.25) is 0 Å². The maximum absolute atomic E-state index is 12.4. The van der Waals surface area contributed by atoms with Gasteiger partial charge in [-0.15, -0.1) is 0 Å². The molecular weight excluding hydrogens is 284 g/mol. The largest absolute Gasteiger partial charge is 0.295 e. The molecule has 3 aromatic carbocycles. The summed E-state index contributed by atoms with van der Waals surface area (Å²) >= 11 is 0. The van der Waals surface area contributed by atoms with Gasteiger partial charge in [-0.2, -0.15) is 0 Å². The van der Waals surface area contributed by atoms with E-state index in [1.54, 1.807) is 6.92 Å². The summed E-state index contributed by atoms with van der Waals surface area (Å²) in [6.45, 7) is 1.55. The summed E-state index contributed by atoms with van der Waals surface area (Å²) in [6, 6.07) is 24.3. The lowest BCUT2D eigenvalue weighted by molar-refractivity contribution is 0.101. The topological polar surface area (TPSA) is 34.1 Å². The second-order valence-corrected chi connectivity index (χ2v) is 5.41. The van der Waals surface area contributed by atoms with Gasteiger partial charge in [0, 0.05) is 16.7 Å². The monoisotopic (exact) mass is 300 g/mol. The van der Waals surface area contributed by atoms with Crippen molar-refractivity contribution in [1.29, 1.82) is 0 Å². The van der Waals surface area contributed by atoms with Crippen LogP contribution in [0.5, 0.6) is 0 Å². The molecule has 0 aliphatic carbocycles. The van der Waals surface area contributed by atoms with Crippen molar-refractivity contribution in [1.82, 2.24) is 0 Å². The molecule has 0 heterocycles. The van der Waals surface area contributed by atoms with Crippen LogP contribution in [-0.4, -0.2) is 11.6 Å². The maximum atomic E-state index is 12.4. The van der Waals surface area contributed by atoms with Crippen molar-refractivity contribution in [3.63, 3.8) is 0 Å². The van der Waals surface area contributed by atoms with Crippen molar-refractivity contribution in [2.75, 3.05) is 0 Å². The minimum absolute atomic E-state index is 0.0177. The van der Waals surface area contributed by atoms with Gasteiger partial charge in [0.25, 0.3) is 0 Å². The molecule has 0 bridgehead atoms. The standard InChI is InChI=1S/C21H16O2/c1-15(22)16-7-9-17(10-8-16)18-11-13-20(14-12-18)21(23)19-5-3-2-4-6-19/h2-14H,1H3. The zero-order valence-electron chi connectivity index (χ0n) is 12.8. The first-order chi connectivity index (χ1) is 11.1. The normalized spacial score (nSPS) is 10.3. The molecule has 23 heavy (non-hydrogen) atoms. The lowest BCUT2D eigenvalue weighted by Crippen LogP contribution is -2.00. The molecule has 0 radical (unpaired) electrons. The maximum Gasteiger partial charge on any atom is 0.193 e. The molecule has 112 valence electrons. The number of hydrogen-bond donors (Lipinski definition) is 0. The summed E-state index contributed by atoms with van der Waals surface area (Å²) in [5, 5.41) is 0. The second kappa shape index (κ2) is 6.41. The van der Waals surface area contributed by atoms with Crippen LogP contribution in [0.1, 0.15) is 33.2 Å². The van der Waals surface area contributed by atoms with E-state index in [9.17, 15) is 9.59 Å². The fraction of sp³-hybridized carbons (Fsp3) is 0.0476. The van der Waals surface area contributed by atoms with Crippen molar-refractivity contribution in [3.8, 4) is 11.1 Å². The number of carbonyl (C=O) groups excluding carboxylic acids is 2. The summed E-state index contributed by atoms with van der Waals surface area (Å²) in [4.78, 5) is 23.7. The quantitative estimate of drug-likeness (QED) is 0.649. The van der Waals surface area contributed by atoms with E-state index >= 15 is 0 Å². The molecule has 0 fully saturated rings. The van der Waals surface area contributed by atoms with Crippen LogP contribution in [0.15, 0.2) is 78.9 Å². The first-order valence-corrected chi connectivity index (χ1v) is 7.46. The fourth-order valence-electron chi connectivity index (χ4n) is 2.47. The summed E-state index contributed by atoms with van der Waals surface area (Å²) in [7, 11) is 0. The van der Waals surface area contributed by atoms with Crippen molar-refractivity contribution < 1.29 is 9.59 Å². The van der Waals surface area contributed by atoms with E-state index in [0.29, 0.717) is 16.7 Å². The van der Waals surface area contributed by atoms with E-state index in [0.717, 1.165) is 11.1 Å². The Morgan fingerprint density at radius 3 is 1.48 bits per heavy atom. The molecule has 0 unspecified atom stereocenters. The minimum atomic E-state index is 0.0177. The first kappa shape index (κ1) is 14.9. The van der Waals surface area contributed by atoms with Crippen LogP contribution >= 0.6 is 0 Å². The van der Waals surface area contributed by atoms with Gasteiger partial charge in [0.1, 0.15) is 0 Å². The predicted molar refractivity (Wildman–Crippen MR) is 91.8 cm³/mol. The molecule has 0 aliphatic heterocycles. The molecule has 2 heteroatoms. The Hall–Kier alpha value is -3.00. The summed E-state index contributed by atoms with van der Waals surface area (Å²) < 4.78 is 0. The zero-order chi connectivity index (χ0) is 16.2. The summed E-state index contributed by atoms with van der Waals surface area (Å²) in [6.07, 6.45) is 0. The summed E-state index contributed by atoms with van der Waals surface area (Å²) in [5.74, 6) is 0.0735. The number of carbonyl (C=O) groups is 2. The fourth-order valence-corrected chi connectivity index (χ4v) is 2.47. The van der Waals surface area contributed by atoms with Crippen LogP contribution in [0.25, 0.3) is 11.1 Å². The molecule has 3 rings (SSSR count). The van der Waals surface area contributed by atoms with Gasteiger partial charge >= 0.3 is 0 Å². The molecule has 0 saturated heterocycles. The van der Waals surface area contributed by atoms with E-state index in [4.69, 9.17) is 0 Å². The lowest BCUT2D eigenvalue weighted by Gasteiger charge is -2.05. The van der Waals surface area contributed by atoms with Crippen LogP contribution in [0, 0.1) is 0 Å². The van der Waals surface area contributed by atoms with E-state index < -0.39 is 0 Å². The van der Waals surface area contributed by atoms with Crippen LogP contribution in [0.4, 0.5) is 0 Å². The van der Waals surface area contributed by atoms with Crippen molar-refractivity contribution in [2.24, 2.45) is 0 Å². The van der Waals surface area contributed by atoms with Gasteiger partial charge < -0.3 is 0 Å². The third kappa shape index (κ3) is 3.27. The molecule has 3 aromatic rings. The molecule has 0 N–H and O–H groups in total.